The van der Waals surface area contributed by atoms with Gasteiger partial charge < -0.3 is 5.73 Å². The van der Waals surface area contributed by atoms with E-state index < -0.39 is 0 Å². The molecule has 1 aromatic heterocycles. The standard InChI is InChI=1S/C12H18N2O/c1-2-5-11(13)8-7-10-6-3-4-9-14-12(10)15/h3-4,6,9,11H,2,5,7-8,13H2,1H3/t11-/m0/s1. The number of nitrogens with zero attached hydrogens (tertiary/aromatic N) is 1. The highest BCUT2D eigenvalue weighted by Gasteiger charge is 2.03. The lowest BCUT2D eigenvalue weighted by Gasteiger charge is -2.08. The third-order valence-corrected chi connectivity index (χ3v) is 2.41. The Kier molecular flexibility index (Phi) is 4.98. The van der Waals surface area contributed by atoms with E-state index in [4.69, 9.17) is 5.73 Å². The molecule has 0 aliphatic heterocycles. The minimum absolute atomic E-state index is 0.135. The van der Waals surface area contributed by atoms with Gasteiger partial charge in [0.2, 0.25) is 0 Å². The van der Waals surface area contributed by atoms with Gasteiger partial charge >= 0.3 is 0 Å². The molecular weight excluding hydrogens is 188 g/mol. The van der Waals surface area contributed by atoms with E-state index in [0.717, 1.165) is 31.2 Å². The molecule has 3 heteroatoms. The zero-order chi connectivity index (χ0) is 11.1. The summed E-state index contributed by atoms with van der Waals surface area (Å²) in [7, 11) is 0. The SMILES string of the molecule is CCC[C@H](N)CCc1ccccnc1=O. The average molecular weight is 206 g/mol. The summed E-state index contributed by atoms with van der Waals surface area (Å²) in [5.41, 5.74) is 6.51. The Labute approximate surface area is 90.4 Å². The molecule has 2 N–H and O–H groups in total. The van der Waals surface area contributed by atoms with Crippen molar-refractivity contribution in [1.29, 1.82) is 0 Å². The van der Waals surface area contributed by atoms with E-state index in [1.165, 1.54) is 6.20 Å². The highest BCUT2D eigenvalue weighted by Crippen LogP contribution is 2.03. The van der Waals surface area contributed by atoms with Crippen molar-refractivity contribution in [2.75, 3.05) is 0 Å². The Morgan fingerprint density at radius 1 is 1.40 bits per heavy atom. The van der Waals surface area contributed by atoms with Crippen molar-refractivity contribution in [2.45, 2.75) is 38.6 Å². The Morgan fingerprint density at radius 3 is 2.93 bits per heavy atom. The maximum atomic E-state index is 11.4. The van der Waals surface area contributed by atoms with Gasteiger partial charge in [0.05, 0.1) is 0 Å². The van der Waals surface area contributed by atoms with Crippen LogP contribution in [0, 0.1) is 0 Å². The normalized spacial score (nSPS) is 12.4. The van der Waals surface area contributed by atoms with Gasteiger partial charge in [0.25, 0.3) is 5.56 Å². The zero-order valence-corrected chi connectivity index (χ0v) is 9.15. The van der Waals surface area contributed by atoms with Crippen LogP contribution < -0.4 is 11.3 Å². The van der Waals surface area contributed by atoms with Gasteiger partial charge in [0, 0.05) is 17.8 Å². The predicted octanol–water partition coefficient (Wildman–Crippen LogP) is 1.50. The molecule has 0 unspecified atom stereocenters. The highest BCUT2D eigenvalue weighted by atomic mass is 16.1. The van der Waals surface area contributed by atoms with Gasteiger partial charge in [-0.15, -0.1) is 0 Å². The van der Waals surface area contributed by atoms with Crippen LogP contribution in [-0.4, -0.2) is 11.0 Å². The molecule has 0 aromatic carbocycles. The van der Waals surface area contributed by atoms with E-state index in [0.29, 0.717) is 0 Å². The van der Waals surface area contributed by atoms with Crippen LogP contribution in [0.1, 0.15) is 31.7 Å². The first-order valence-corrected chi connectivity index (χ1v) is 5.44. The van der Waals surface area contributed by atoms with E-state index in [1.807, 2.05) is 12.1 Å². The van der Waals surface area contributed by atoms with Crippen molar-refractivity contribution in [2.24, 2.45) is 5.73 Å². The summed E-state index contributed by atoms with van der Waals surface area (Å²) in [6.45, 7) is 2.11. The summed E-state index contributed by atoms with van der Waals surface area (Å²) in [5, 5.41) is 0. The van der Waals surface area contributed by atoms with E-state index in [1.54, 1.807) is 6.07 Å². The van der Waals surface area contributed by atoms with Crippen LogP contribution in [0.4, 0.5) is 0 Å². The molecule has 1 heterocycles. The molecule has 0 aliphatic carbocycles. The predicted molar refractivity (Wildman–Crippen MR) is 61.7 cm³/mol. The van der Waals surface area contributed by atoms with Crippen LogP contribution in [0.3, 0.4) is 0 Å². The molecule has 0 saturated carbocycles. The van der Waals surface area contributed by atoms with Crippen LogP contribution in [-0.2, 0) is 6.42 Å². The minimum atomic E-state index is -0.135. The van der Waals surface area contributed by atoms with Crippen molar-refractivity contribution in [3.63, 3.8) is 0 Å². The summed E-state index contributed by atoms with van der Waals surface area (Å²) in [5.74, 6) is 0. The second kappa shape index (κ2) is 6.30. The summed E-state index contributed by atoms with van der Waals surface area (Å²) in [6.07, 6.45) is 5.21. The summed E-state index contributed by atoms with van der Waals surface area (Å²) in [6, 6.07) is 5.62. The summed E-state index contributed by atoms with van der Waals surface area (Å²) < 4.78 is 0. The third-order valence-electron chi connectivity index (χ3n) is 2.41. The van der Waals surface area contributed by atoms with E-state index >= 15 is 0 Å². The van der Waals surface area contributed by atoms with Crippen molar-refractivity contribution >= 4 is 0 Å². The van der Waals surface area contributed by atoms with Crippen molar-refractivity contribution in [3.05, 3.63) is 40.3 Å². The molecule has 1 aromatic rings. The maximum absolute atomic E-state index is 11.4. The van der Waals surface area contributed by atoms with Crippen molar-refractivity contribution in [1.82, 2.24) is 4.98 Å². The monoisotopic (exact) mass is 206 g/mol. The molecule has 82 valence electrons. The van der Waals surface area contributed by atoms with Gasteiger partial charge in [0.1, 0.15) is 0 Å². The molecule has 0 amide bonds. The Bertz CT molecular complexity index is 352. The first-order chi connectivity index (χ1) is 7.24. The number of nitrogens with two attached hydrogens (primary N) is 1. The zero-order valence-electron chi connectivity index (χ0n) is 9.15. The van der Waals surface area contributed by atoms with Crippen LogP contribution in [0.25, 0.3) is 0 Å². The summed E-state index contributed by atoms with van der Waals surface area (Å²) in [4.78, 5) is 15.2. The Balaban J connectivity index is 2.59. The molecule has 1 rings (SSSR count). The van der Waals surface area contributed by atoms with Gasteiger partial charge in [-0.05, 0) is 25.3 Å². The number of aromatic nitrogens is 1. The fourth-order valence-corrected chi connectivity index (χ4v) is 1.53. The quantitative estimate of drug-likeness (QED) is 0.794. The van der Waals surface area contributed by atoms with Gasteiger partial charge in [-0.2, -0.15) is 0 Å². The molecule has 3 nitrogen and oxygen atoms in total. The molecule has 1 atom stereocenters. The minimum Gasteiger partial charge on any atom is -0.328 e. The fraction of sp³-hybridized carbons (Fsp3) is 0.500. The second-order valence-corrected chi connectivity index (χ2v) is 3.75. The molecule has 0 bridgehead atoms. The smallest absolute Gasteiger partial charge is 0.272 e. The van der Waals surface area contributed by atoms with Crippen LogP contribution in [0.2, 0.25) is 0 Å². The molecule has 0 aliphatic rings. The topological polar surface area (TPSA) is 56.0 Å². The molecule has 0 radical (unpaired) electrons. The van der Waals surface area contributed by atoms with Crippen LogP contribution in [0.5, 0.6) is 0 Å². The number of rotatable bonds is 5. The molecule has 0 spiro atoms. The van der Waals surface area contributed by atoms with Gasteiger partial charge in [-0.3, -0.25) is 4.79 Å². The Morgan fingerprint density at radius 2 is 2.20 bits per heavy atom. The Hall–Kier alpha value is -1.22. The average Bonchev–Trinajstić information content (AvgIpc) is 2.41. The van der Waals surface area contributed by atoms with Crippen LogP contribution in [0.15, 0.2) is 29.2 Å². The lowest BCUT2D eigenvalue weighted by molar-refractivity contribution is 0.560. The van der Waals surface area contributed by atoms with E-state index in [9.17, 15) is 4.79 Å². The van der Waals surface area contributed by atoms with E-state index in [-0.39, 0.29) is 11.6 Å². The molecule has 15 heavy (non-hydrogen) atoms. The van der Waals surface area contributed by atoms with E-state index in [2.05, 4.69) is 11.9 Å². The van der Waals surface area contributed by atoms with Gasteiger partial charge in [-0.25, -0.2) is 4.98 Å². The van der Waals surface area contributed by atoms with Gasteiger partial charge in [0.15, 0.2) is 0 Å². The lowest BCUT2D eigenvalue weighted by atomic mass is 10.0. The largest absolute Gasteiger partial charge is 0.328 e. The fourth-order valence-electron chi connectivity index (χ4n) is 1.53. The van der Waals surface area contributed by atoms with Gasteiger partial charge in [-0.1, -0.05) is 25.5 Å². The van der Waals surface area contributed by atoms with Crippen LogP contribution >= 0.6 is 0 Å². The third kappa shape index (κ3) is 4.21. The lowest BCUT2D eigenvalue weighted by Crippen LogP contribution is -2.21. The molecular formula is C12H18N2O. The second-order valence-electron chi connectivity index (χ2n) is 3.75. The number of hydrogen-bond acceptors (Lipinski definition) is 3. The maximum Gasteiger partial charge on any atom is 0.272 e. The van der Waals surface area contributed by atoms with Crippen molar-refractivity contribution < 1.29 is 0 Å². The van der Waals surface area contributed by atoms with Crippen molar-refractivity contribution in [3.8, 4) is 0 Å². The first-order valence-electron chi connectivity index (χ1n) is 5.44. The highest BCUT2D eigenvalue weighted by molar-refractivity contribution is 5.09. The number of hydrogen-bond donors (Lipinski definition) is 1. The number of aryl methyl sites for hydroxylation is 1. The molecule has 0 saturated heterocycles. The summed E-state index contributed by atoms with van der Waals surface area (Å²) >= 11 is 0. The molecule has 0 fully saturated rings. The first kappa shape index (κ1) is 11.9.